The summed E-state index contributed by atoms with van der Waals surface area (Å²) < 4.78 is 5.46. The number of hydrogen-bond donors (Lipinski definition) is 2. The van der Waals surface area contributed by atoms with Gasteiger partial charge in [-0.3, -0.25) is 9.59 Å². The minimum atomic E-state index is -0.733. The number of carboxylic acids is 1. The third-order valence-electron chi connectivity index (χ3n) is 4.14. The highest BCUT2D eigenvalue weighted by molar-refractivity contribution is 5.78. The number of ether oxygens (including phenoxy) is 1. The van der Waals surface area contributed by atoms with Gasteiger partial charge in [-0.05, 0) is 49.8 Å². The Morgan fingerprint density at radius 1 is 1.18 bits per heavy atom. The average molecular weight is 305 g/mol. The number of carbonyl (C=O) groups is 2. The van der Waals surface area contributed by atoms with Crippen molar-refractivity contribution in [2.24, 2.45) is 5.92 Å². The van der Waals surface area contributed by atoms with Gasteiger partial charge in [0.2, 0.25) is 0 Å². The van der Waals surface area contributed by atoms with Crippen molar-refractivity contribution in [3.05, 3.63) is 29.8 Å². The standard InChI is InChI=1S/C17H23NO4/c1-2-12-3-9-15(10-4-12)22-11-16(19)18-14-7-5-13(6-8-14)17(20)21/h3-4,9-10,13-14H,2,5-8,11H2,1H3,(H,18,19)(H,20,21). The largest absolute Gasteiger partial charge is 0.484 e. The van der Waals surface area contributed by atoms with Crippen molar-refractivity contribution in [1.82, 2.24) is 5.32 Å². The van der Waals surface area contributed by atoms with E-state index in [2.05, 4.69) is 12.2 Å². The first kappa shape index (κ1) is 16.3. The number of nitrogens with one attached hydrogen (secondary N) is 1. The summed E-state index contributed by atoms with van der Waals surface area (Å²) in [4.78, 5) is 22.8. The highest BCUT2D eigenvalue weighted by Gasteiger charge is 2.26. The van der Waals surface area contributed by atoms with Crippen LogP contribution in [0.5, 0.6) is 5.75 Å². The highest BCUT2D eigenvalue weighted by atomic mass is 16.5. The van der Waals surface area contributed by atoms with Crippen LogP contribution in [0, 0.1) is 5.92 Å². The molecule has 0 heterocycles. The Bertz CT molecular complexity index is 504. The molecule has 0 atom stereocenters. The number of benzene rings is 1. The molecular weight excluding hydrogens is 282 g/mol. The molecule has 1 aliphatic rings. The van der Waals surface area contributed by atoms with Crippen LogP contribution in [0.25, 0.3) is 0 Å². The lowest BCUT2D eigenvalue weighted by Crippen LogP contribution is -2.40. The van der Waals surface area contributed by atoms with E-state index in [1.165, 1.54) is 5.56 Å². The molecule has 0 unspecified atom stereocenters. The number of rotatable bonds is 6. The minimum Gasteiger partial charge on any atom is -0.484 e. The predicted octanol–water partition coefficient (Wildman–Crippen LogP) is 2.39. The zero-order valence-electron chi connectivity index (χ0n) is 12.9. The topological polar surface area (TPSA) is 75.6 Å². The van der Waals surface area contributed by atoms with Crippen LogP contribution in [-0.4, -0.2) is 29.6 Å². The number of hydrogen-bond acceptors (Lipinski definition) is 3. The van der Waals surface area contributed by atoms with E-state index < -0.39 is 5.97 Å². The molecule has 0 aliphatic heterocycles. The monoisotopic (exact) mass is 305 g/mol. The average Bonchev–Trinajstić information content (AvgIpc) is 2.54. The second-order valence-electron chi connectivity index (χ2n) is 5.74. The van der Waals surface area contributed by atoms with Crippen molar-refractivity contribution in [3.63, 3.8) is 0 Å². The van der Waals surface area contributed by atoms with Crippen molar-refractivity contribution < 1.29 is 19.4 Å². The molecule has 1 saturated carbocycles. The lowest BCUT2D eigenvalue weighted by molar-refractivity contribution is -0.142. The maximum absolute atomic E-state index is 11.9. The van der Waals surface area contributed by atoms with E-state index in [9.17, 15) is 9.59 Å². The van der Waals surface area contributed by atoms with E-state index >= 15 is 0 Å². The summed E-state index contributed by atoms with van der Waals surface area (Å²) in [6.45, 7) is 2.08. The maximum atomic E-state index is 11.9. The van der Waals surface area contributed by atoms with E-state index in [1.807, 2.05) is 24.3 Å². The van der Waals surface area contributed by atoms with Crippen LogP contribution in [0.4, 0.5) is 0 Å². The fourth-order valence-electron chi connectivity index (χ4n) is 2.72. The molecule has 0 radical (unpaired) electrons. The van der Waals surface area contributed by atoms with Gasteiger partial charge in [0, 0.05) is 6.04 Å². The second kappa shape index (κ2) is 7.82. The van der Waals surface area contributed by atoms with Crippen LogP contribution in [0.1, 0.15) is 38.2 Å². The summed E-state index contributed by atoms with van der Waals surface area (Å²) in [6, 6.07) is 7.77. The summed E-state index contributed by atoms with van der Waals surface area (Å²) in [5, 5.41) is 11.9. The molecule has 1 aromatic rings. The van der Waals surface area contributed by atoms with Gasteiger partial charge in [-0.2, -0.15) is 0 Å². The lowest BCUT2D eigenvalue weighted by Gasteiger charge is -2.26. The Hall–Kier alpha value is -2.04. The Morgan fingerprint density at radius 3 is 2.36 bits per heavy atom. The van der Waals surface area contributed by atoms with Gasteiger partial charge in [-0.1, -0.05) is 19.1 Å². The lowest BCUT2D eigenvalue weighted by atomic mass is 9.86. The van der Waals surface area contributed by atoms with Gasteiger partial charge in [0.05, 0.1) is 5.92 Å². The van der Waals surface area contributed by atoms with Gasteiger partial charge < -0.3 is 15.2 Å². The Kier molecular flexibility index (Phi) is 5.81. The summed E-state index contributed by atoms with van der Waals surface area (Å²) in [6.07, 6.45) is 3.65. The smallest absolute Gasteiger partial charge is 0.306 e. The first-order chi connectivity index (χ1) is 10.6. The number of carbonyl (C=O) groups excluding carboxylic acids is 1. The van der Waals surface area contributed by atoms with Gasteiger partial charge in [0.15, 0.2) is 6.61 Å². The van der Waals surface area contributed by atoms with E-state index in [0.29, 0.717) is 31.4 Å². The van der Waals surface area contributed by atoms with Gasteiger partial charge in [-0.25, -0.2) is 0 Å². The van der Waals surface area contributed by atoms with Crippen molar-refractivity contribution in [3.8, 4) is 5.75 Å². The fraction of sp³-hybridized carbons (Fsp3) is 0.529. The van der Waals surface area contributed by atoms with E-state index in [4.69, 9.17) is 9.84 Å². The predicted molar refractivity (Wildman–Crippen MR) is 82.8 cm³/mol. The Morgan fingerprint density at radius 2 is 1.82 bits per heavy atom. The number of aliphatic carboxylic acids is 1. The van der Waals surface area contributed by atoms with E-state index in [-0.39, 0.29) is 24.5 Å². The summed E-state index contributed by atoms with van der Waals surface area (Å²) in [7, 11) is 0. The van der Waals surface area contributed by atoms with Crippen LogP contribution < -0.4 is 10.1 Å². The van der Waals surface area contributed by atoms with E-state index in [0.717, 1.165) is 6.42 Å². The molecule has 0 saturated heterocycles. The minimum absolute atomic E-state index is 0.00959. The number of amides is 1. The third kappa shape index (κ3) is 4.76. The molecule has 1 aliphatic carbocycles. The van der Waals surface area contributed by atoms with Gasteiger partial charge in [0.1, 0.15) is 5.75 Å². The normalized spacial score (nSPS) is 21.1. The van der Waals surface area contributed by atoms with Crippen molar-refractivity contribution in [2.75, 3.05) is 6.61 Å². The highest BCUT2D eigenvalue weighted by Crippen LogP contribution is 2.24. The molecule has 22 heavy (non-hydrogen) atoms. The molecule has 2 N–H and O–H groups in total. The molecule has 5 heteroatoms. The second-order valence-corrected chi connectivity index (χ2v) is 5.74. The van der Waals surface area contributed by atoms with Gasteiger partial charge in [0.25, 0.3) is 5.91 Å². The van der Waals surface area contributed by atoms with Gasteiger partial charge in [-0.15, -0.1) is 0 Å². The molecule has 5 nitrogen and oxygen atoms in total. The first-order valence-corrected chi connectivity index (χ1v) is 7.82. The van der Waals surface area contributed by atoms with Gasteiger partial charge >= 0.3 is 5.97 Å². The molecule has 120 valence electrons. The molecule has 0 bridgehead atoms. The van der Waals surface area contributed by atoms with Crippen LogP contribution in [-0.2, 0) is 16.0 Å². The van der Waals surface area contributed by atoms with Crippen LogP contribution >= 0.6 is 0 Å². The molecule has 0 spiro atoms. The van der Waals surface area contributed by atoms with Crippen molar-refractivity contribution >= 4 is 11.9 Å². The van der Waals surface area contributed by atoms with Crippen LogP contribution in [0.2, 0.25) is 0 Å². The summed E-state index contributed by atoms with van der Waals surface area (Å²) >= 11 is 0. The maximum Gasteiger partial charge on any atom is 0.306 e. The molecule has 1 fully saturated rings. The molecule has 0 aromatic heterocycles. The van der Waals surface area contributed by atoms with E-state index in [1.54, 1.807) is 0 Å². The Labute approximate surface area is 130 Å². The number of carboxylic acid groups (broad SMARTS) is 1. The molecule has 1 aromatic carbocycles. The molecule has 1 amide bonds. The molecule has 2 rings (SSSR count). The van der Waals surface area contributed by atoms with Crippen molar-refractivity contribution in [2.45, 2.75) is 45.1 Å². The van der Waals surface area contributed by atoms with Crippen molar-refractivity contribution in [1.29, 1.82) is 0 Å². The molecular formula is C17H23NO4. The fourth-order valence-corrected chi connectivity index (χ4v) is 2.72. The summed E-state index contributed by atoms with van der Waals surface area (Å²) in [5.74, 6) is -0.467. The zero-order chi connectivity index (χ0) is 15.9. The number of aryl methyl sites for hydroxylation is 1. The van der Waals surface area contributed by atoms with Crippen LogP contribution in [0.15, 0.2) is 24.3 Å². The quantitative estimate of drug-likeness (QED) is 0.846. The third-order valence-corrected chi connectivity index (χ3v) is 4.14. The van der Waals surface area contributed by atoms with Crippen LogP contribution in [0.3, 0.4) is 0 Å². The first-order valence-electron chi connectivity index (χ1n) is 7.82. The SMILES string of the molecule is CCc1ccc(OCC(=O)NC2CCC(C(=O)O)CC2)cc1. The Balaban J connectivity index is 1.70. The summed E-state index contributed by atoms with van der Waals surface area (Å²) in [5.41, 5.74) is 1.23. The zero-order valence-corrected chi connectivity index (χ0v) is 12.9.